The van der Waals surface area contributed by atoms with Crippen LogP contribution in [0.1, 0.15) is 30.4 Å². The highest BCUT2D eigenvalue weighted by molar-refractivity contribution is 9.10. The Morgan fingerprint density at radius 3 is 2.57 bits per heavy atom. The average Bonchev–Trinajstić information content (AvgIpc) is 2.13. The van der Waals surface area contributed by atoms with Gasteiger partial charge in [0.15, 0.2) is 0 Å². The van der Waals surface area contributed by atoms with Crippen molar-refractivity contribution in [2.75, 3.05) is 0 Å². The molecule has 0 saturated heterocycles. The zero-order chi connectivity index (χ0) is 9.97. The molecule has 2 heteroatoms. The Hall–Kier alpha value is -0.0800. The first-order valence-corrected chi connectivity index (χ1v) is 6.75. The van der Waals surface area contributed by atoms with Crippen molar-refractivity contribution < 1.29 is 0 Å². The Morgan fingerprint density at radius 2 is 2.07 bits per heavy atom. The van der Waals surface area contributed by atoms with Crippen molar-refractivity contribution in [3.63, 3.8) is 0 Å². The zero-order valence-electron chi connectivity index (χ0n) is 7.89. The van der Waals surface area contributed by atoms with Gasteiger partial charge in [0.2, 0.25) is 0 Å². The summed E-state index contributed by atoms with van der Waals surface area (Å²) in [4.78, 5) is 0. The fourth-order valence-electron chi connectivity index (χ4n) is 1.52. The van der Waals surface area contributed by atoms with Crippen LogP contribution < -0.4 is 0 Å². The van der Waals surface area contributed by atoms with E-state index in [0.717, 1.165) is 5.33 Å². The molecule has 0 atom stereocenters. The molecule has 0 aliphatic heterocycles. The molecule has 1 aliphatic rings. The van der Waals surface area contributed by atoms with E-state index in [1.54, 1.807) is 5.57 Å². The highest BCUT2D eigenvalue weighted by Crippen LogP contribution is 2.30. The minimum atomic E-state index is 0.919. The van der Waals surface area contributed by atoms with Crippen molar-refractivity contribution in [3.05, 3.63) is 39.4 Å². The predicted octanol–water partition coefficient (Wildman–Crippen LogP) is 4.91. The molecule has 1 aliphatic carbocycles. The van der Waals surface area contributed by atoms with E-state index in [1.807, 2.05) is 0 Å². The summed E-state index contributed by atoms with van der Waals surface area (Å²) in [7, 11) is 0. The molecule has 1 saturated carbocycles. The number of hydrogen-bond acceptors (Lipinski definition) is 0. The molecule has 0 heterocycles. The van der Waals surface area contributed by atoms with Crippen LogP contribution in [0.4, 0.5) is 0 Å². The lowest BCUT2D eigenvalue weighted by molar-refractivity contribution is 0.670. The second-order valence-electron chi connectivity index (χ2n) is 3.65. The second-order valence-corrected chi connectivity index (χ2v) is 5.06. The molecule has 14 heavy (non-hydrogen) atoms. The van der Waals surface area contributed by atoms with Crippen molar-refractivity contribution >= 4 is 37.9 Å². The van der Waals surface area contributed by atoms with Crippen LogP contribution in [0.5, 0.6) is 0 Å². The summed E-state index contributed by atoms with van der Waals surface area (Å²) < 4.78 is 1.20. The molecule has 1 aromatic carbocycles. The first-order chi connectivity index (χ1) is 6.79. The van der Waals surface area contributed by atoms with Gasteiger partial charge in [-0.3, -0.25) is 0 Å². The number of halogens is 2. The standard InChI is InChI=1S/C12H12Br2/c13-8-10-4-5-11(12(14)7-10)6-9-2-1-3-9/h4-7H,1-3,8H2. The Morgan fingerprint density at radius 1 is 1.29 bits per heavy atom. The van der Waals surface area contributed by atoms with E-state index in [-0.39, 0.29) is 0 Å². The maximum atomic E-state index is 3.60. The molecule has 0 amide bonds. The first kappa shape index (κ1) is 10.4. The molecule has 0 N–H and O–H groups in total. The van der Waals surface area contributed by atoms with Crippen LogP contribution in [0.25, 0.3) is 6.08 Å². The van der Waals surface area contributed by atoms with Crippen LogP contribution in [0.15, 0.2) is 28.2 Å². The fourth-order valence-corrected chi connectivity index (χ4v) is 2.41. The van der Waals surface area contributed by atoms with E-state index in [0.29, 0.717) is 0 Å². The molecule has 0 bridgehead atoms. The Bertz CT molecular complexity index is 361. The maximum Gasteiger partial charge on any atom is 0.0283 e. The molecular formula is C12H12Br2. The lowest BCUT2D eigenvalue weighted by Gasteiger charge is -2.16. The van der Waals surface area contributed by atoms with Gasteiger partial charge in [-0.05, 0) is 36.5 Å². The van der Waals surface area contributed by atoms with E-state index < -0.39 is 0 Å². The van der Waals surface area contributed by atoms with Gasteiger partial charge in [-0.2, -0.15) is 0 Å². The molecule has 74 valence electrons. The van der Waals surface area contributed by atoms with Crippen LogP contribution in [-0.2, 0) is 5.33 Å². The van der Waals surface area contributed by atoms with E-state index in [9.17, 15) is 0 Å². The van der Waals surface area contributed by atoms with Crippen LogP contribution in [0.2, 0.25) is 0 Å². The van der Waals surface area contributed by atoms with Crippen molar-refractivity contribution in [3.8, 4) is 0 Å². The quantitative estimate of drug-likeness (QED) is 0.680. The first-order valence-electron chi connectivity index (χ1n) is 4.83. The molecule has 1 fully saturated rings. The lowest BCUT2D eigenvalue weighted by Crippen LogP contribution is -1.96. The van der Waals surface area contributed by atoms with E-state index >= 15 is 0 Å². The van der Waals surface area contributed by atoms with Gasteiger partial charge in [0, 0.05) is 9.80 Å². The zero-order valence-corrected chi connectivity index (χ0v) is 11.1. The normalized spacial score (nSPS) is 15.1. The average molecular weight is 316 g/mol. The van der Waals surface area contributed by atoms with Crippen molar-refractivity contribution in [1.82, 2.24) is 0 Å². The summed E-state index contributed by atoms with van der Waals surface area (Å²) in [6.07, 6.45) is 6.24. The summed E-state index contributed by atoms with van der Waals surface area (Å²) in [6, 6.07) is 6.54. The van der Waals surface area contributed by atoms with Gasteiger partial charge in [-0.1, -0.05) is 55.6 Å². The Kier molecular flexibility index (Phi) is 3.45. The molecule has 2 rings (SSSR count). The van der Waals surface area contributed by atoms with Gasteiger partial charge in [-0.15, -0.1) is 0 Å². The van der Waals surface area contributed by atoms with Crippen LogP contribution in [0.3, 0.4) is 0 Å². The summed E-state index contributed by atoms with van der Waals surface area (Å²) in [5.41, 5.74) is 4.20. The topological polar surface area (TPSA) is 0 Å². The van der Waals surface area contributed by atoms with Gasteiger partial charge in [-0.25, -0.2) is 0 Å². The SMILES string of the molecule is BrCc1ccc(C=C2CCC2)c(Br)c1. The minimum Gasteiger partial charge on any atom is -0.0876 e. The van der Waals surface area contributed by atoms with E-state index in [2.05, 4.69) is 56.1 Å². The van der Waals surface area contributed by atoms with Gasteiger partial charge in [0.1, 0.15) is 0 Å². The molecule has 0 nitrogen and oxygen atoms in total. The molecule has 0 radical (unpaired) electrons. The summed E-state index contributed by atoms with van der Waals surface area (Å²) >= 11 is 7.06. The van der Waals surface area contributed by atoms with Crippen molar-refractivity contribution in [2.24, 2.45) is 0 Å². The lowest BCUT2D eigenvalue weighted by atomic mass is 9.91. The monoisotopic (exact) mass is 314 g/mol. The summed E-state index contributed by atoms with van der Waals surface area (Å²) in [5, 5.41) is 0.919. The third-order valence-electron chi connectivity index (χ3n) is 2.57. The molecular weight excluding hydrogens is 304 g/mol. The summed E-state index contributed by atoms with van der Waals surface area (Å²) in [5.74, 6) is 0. The van der Waals surface area contributed by atoms with E-state index in [4.69, 9.17) is 0 Å². The third-order valence-corrected chi connectivity index (χ3v) is 3.91. The second kappa shape index (κ2) is 4.63. The number of benzene rings is 1. The van der Waals surface area contributed by atoms with E-state index in [1.165, 1.54) is 34.9 Å². The van der Waals surface area contributed by atoms with Gasteiger partial charge in [0.05, 0.1) is 0 Å². The number of hydrogen-bond donors (Lipinski definition) is 0. The highest BCUT2D eigenvalue weighted by Gasteiger charge is 2.08. The highest BCUT2D eigenvalue weighted by atomic mass is 79.9. The van der Waals surface area contributed by atoms with Crippen LogP contribution in [0, 0.1) is 0 Å². The third kappa shape index (κ3) is 2.29. The Labute approximate surface area is 102 Å². The van der Waals surface area contributed by atoms with Gasteiger partial charge in [0.25, 0.3) is 0 Å². The molecule has 0 spiro atoms. The molecule has 1 aromatic rings. The number of rotatable bonds is 2. The fraction of sp³-hybridized carbons (Fsp3) is 0.333. The van der Waals surface area contributed by atoms with Gasteiger partial charge >= 0.3 is 0 Å². The minimum absolute atomic E-state index is 0.919. The predicted molar refractivity (Wildman–Crippen MR) is 68.6 cm³/mol. The summed E-state index contributed by atoms with van der Waals surface area (Å²) in [6.45, 7) is 0. The van der Waals surface area contributed by atoms with Crippen molar-refractivity contribution in [2.45, 2.75) is 24.6 Å². The smallest absolute Gasteiger partial charge is 0.0283 e. The van der Waals surface area contributed by atoms with Crippen LogP contribution in [-0.4, -0.2) is 0 Å². The largest absolute Gasteiger partial charge is 0.0876 e. The van der Waals surface area contributed by atoms with Crippen LogP contribution >= 0.6 is 31.9 Å². The van der Waals surface area contributed by atoms with Gasteiger partial charge < -0.3 is 0 Å². The molecule has 0 unspecified atom stereocenters. The number of allylic oxidation sites excluding steroid dienone is 1. The Balaban J connectivity index is 2.25. The number of alkyl halides is 1. The maximum absolute atomic E-state index is 3.60. The van der Waals surface area contributed by atoms with Crippen molar-refractivity contribution in [1.29, 1.82) is 0 Å². The molecule has 0 aromatic heterocycles.